The molecule has 1 heterocycles. The van der Waals surface area contributed by atoms with E-state index in [2.05, 4.69) is 25.0 Å². The maximum absolute atomic E-state index is 13.7. The monoisotopic (exact) mass is 570 g/mol. The predicted octanol–water partition coefficient (Wildman–Crippen LogP) is 6.52. The zero-order chi connectivity index (χ0) is 27.6. The second-order valence-electron chi connectivity index (χ2n) is 12.4. The van der Waals surface area contributed by atoms with Gasteiger partial charge in [-0.1, -0.05) is 38.1 Å². The van der Waals surface area contributed by atoms with E-state index in [0.717, 1.165) is 49.2 Å². The Balaban J connectivity index is 1.35. The van der Waals surface area contributed by atoms with Crippen molar-refractivity contribution < 1.29 is 19.0 Å². The van der Waals surface area contributed by atoms with Gasteiger partial charge in [-0.3, -0.25) is 4.79 Å². The van der Waals surface area contributed by atoms with E-state index in [1.54, 1.807) is 23.9 Å². The van der Waals surface area contributed by atoms with Crippen LogP contribution in [0.3, 0.4) is 0 Å². The molecule has 0 amide bonds. The van der Waals surface area contributed by atoms with Gasteiger partial charge in [-0.25, -0.2) is 9.07 Å². The van der Waals surface area contributed by atoms with E-state index in [1.807, 2.05) is 24.1 Å². The lowest BCUT2D eigenvalue weighted by Gasteiger charge is -2.61. The number of benzene rings is 1. The van der Waals surface area contributed by atoms with Crippen LogP contribution in [0.15, 0.2) is 36.0 Å². The molecule has 2 aromatic rings. The van der Waals surface area contributed by atoms with Gasteiger partial charge in [0.15, 0.2) is 0 Å². The van der Waals surface area contributed by atoms with Crippen LogP contribution in [0.1, 0.15) is 64.1 Å². The Kier molecular flexibility index (Phi) is 7.09. The number of aliphatic hydroxyl groups is 1. The minimum atomic E-state index is -0.833. The number of halogens is 1. The molecule has 0 aliphatic heterocycles. The lowest BCUT2D eigenvalue weighted by Crippen LogP contribution is -2.62. The van der Waals surface area contributed by atoms with Gasteiger partial charge in [0.25, 0.3) is 0 Å². The van der Waals surface area contributed by atoms with Crippen LogP contribution in [0.5, 0.6) is 0 Å². The summed E-state index contributed by atoms with van der Waals surface area (Å²) in [6, 6.07) is 6.47. The van der Waals surface area contributed by atoms with Gasteiger partial charge in [-0.05, 0) is 110 Å². The second kappa shape index (κ2) is 10.0. The number of rotatable bonds is 6. The van der Waals surface area contributed by atoms with Crippen LogP contribution in [0.25, 0.3) is 11.8 Å². The van der Waals surface area contributed by atoms with E-state index in [0.29, 0.717) is 24.2 Å². The summed E-state index contributed by atoms with van der Waals surface area (Å²) >= 11 is 2.99. The number of aliphatic hydroxyl groups excluding tert-OH is 1. The molecule has 210 valence electrons. The quantitative estimate of drug-likeness (QED) is 0.399. The van der Waals surface area contributed by atoms with Crippen molar-refractivity contribution in [1.29, 1.82) is 0 Å². The molecule has 4 aliphatic rings. The van der Waals surface area contributed by atoms with Crippen molar-refractivity contribution in [2.45, 2.75) is 71.0 Å². The molecule has 1 aromatic heterocycles. The number of nitrogens with zero attached hydrogens (tertiary/aromatic N) is 2. The average Bonchev–Trinajstić information content (AvgIpc) is 3.44. The molecule has 5 unspecified atom stereocenters. The van der Waals surface area contributed by atoms with E-state index < -0.39 is 11.7 Å². The molecular weight excluding hydrogens is 531 g/mol. The van der Waals surface area contributed by atoms with Gasteiger partial charge in [0.05, 0.1) is 29.6 Å². The molecule has 3 saturated carbocycles. The third-order valence-electron chi connectivity index (χ3n) is 10.6. The van der Waals surface area contributed by atoms with E-state index in [1.165, 1.54) is 35.0 Å². The minimum absolute atomic E-state index is 0.128. The van der Waals surface area contributed by atoms with Crippen LogP contribution in [0.2, 0.25) is 0 Å². The number of hydrogen-bond donors (Lipinski definition) is 1. The smallest absolute Gasteiger partial charge is 0.221 e. The van der Waals surface area contributed by atoms with Gasteiger partial charge in [0.2, 0.25) is 5.12 Å². The lowest BCUT2D eigenvalue weighted by atomic mass is 9.45. The molecule has 5 nitrogen and oxygen atoms in total. The molecule has 7 atom stereocenters. The molecule has 1 N–H and O–H groups in total. The summed E-state index contributed by atoms with van der Waals surface area (Å²) in [5, 5.41) is 16.8. The predicted molar refractivity (Wildman–Crippen MR) is 156 cm³/mol. The van der Waals surface area contributed by atoms with Crippen LogP contribution in [-0.4, -0.2) is 49.7 Å². The van der Waals surface area contributed by atoms with Crippen LogP contribution in [0, 0.1) is 34.4 Å². The van der Waals surface area contributed by atoms with E-state index >= 15 is 0 Å². The van der Waals surface area contributed by atoms with E-state index in [4.69, 9.17) is 4.74 Å². The highest BCUT2D eigenvalue weighted by Gasteiger charge is 2.69. The van der Waals surface area contributed by atoms with Crippen LogP contribution < -0.4 is 0 Å². The first-order valence-electron chi connectivity index (χ1n) is 14.2. The number of allylic oxidation sites excluding steroid dienone is 1. The van der Waals surface area contributed by atoms with Crippen molar-refractivity contribution in [3.05, 3.63) is 53.1 Å². The fraction of sp³-hybridized carbons (Fsp3) is 0.613. The standard InChI is InChI=1S/C31H39FN2O3S2/c1-5-39-28(36)31(37-18-38-4)13-12-24-23-11-6-20-14-25-19(17-33-34(25)22-9-7-21(32)8-10-22)15-29(20,2)27(23)26(35)16-30(24,31)3/h7-10,14,17,23-24,26-27,35H,5-6,11-13,15-16,18H2,1-4H3/t23?,24-,26?,27+,29?,30?,31?/m0/s1. The number of carbonyl (C=O) groups is 1. The van der Waals surface area contributed by atoms with Crippen LogP contribution in [-0.2, 0) is 16.0 Å². The Labute approximate surface area is 239 Å². The largest absolute Gasteiger partial charge is 0.393 e. The molecule has 1 aromatic carbocycles. The molecule has 6 rings (SSSR count). The van der Waals surface area contributed by atoms with Crippen molar-refractivity contribution in [3.8, 4) is 5.69 Å². The minimum Gasteiger partial charge on any atom is -0.393 e. The molecule has 3 fully saturated rings. The van der Waals surface area contributed by atoms with Crippen LogP contribution in [0.4, 0.5) is 4.39 Å². The summed E-state index contributed by atoms with van der Waals surface area (Å²) in [5.41, 5.74) is 3.08. The third-order valence-corrected chi connectivity index (χ3v) is 11.9. The van der Waals surface area contributed by atoms with Gasteiger partial charge in [0.1, 0.15) is 11.4 Å². The molecule has 0 saturated heterocycles. The number of ether oxygens (including phenoxy) is 1. The number of hydrogen-bond acceptors (Lipinski definition) is 6. The summed E-state index contributed by atoms with van der Waals surface area (Å²) < 4.78 is 22.0. The van der Waals surface area contributed by atoms with Gasteiger partial charge < -0.3 is 9.84 Å². The molecule has 0 bridgehead atoms. The number of aromatic nitrogens is 2. The topological polar surface area (TPSA) is 64.3 Å². The Bertz CT molecular complexity index is 1300. The first kappa shape index (κ1) is 27.6. The van der Waals surface area contributed by atoms with Gasteiger partial charge in [-0.2, -0.15) is 5.10 Å². The first-order valence-corrected chi connectivity index (χ1v) is 16.6. The summed E-state index contributed by atoms with van der Waals surface area (Å²) in [4.78, 5) is 13.7. The Morgan fingerprint density at radius 1 is 1.26 bits per heavy atom. The fourth-order valence-electron chi connectivity index (χ4n) is 9.00. The summed E-state index contributed by atoms with van der Waals surface area (Å²) in [5.74, 6) is 1.78. The highest BCUT2D eigenvalue weighted by atomic mass is 32.2. The van der Waals surface area contributed by atoms with Crippen molar-refractivity contribution in [2.75, 3.05) is 17.9 Å². The number of thioether (sulfide) groups is 2. The van der Waals surface area contributed by atoms with Crippen LogP contribution >= 0.6 is 23.5 Å². The maximum Gasteiger partial charge on any atom is 0.221 e. The molecule has 8 heteroatoms. The SMILES string of the molecule is CCSC(=O)C1(OCSC)CC[C@H]2C3CCC4=Cc5c(cnn5-c5ccc(F)cc5)CC4(C)[C@H]3C(O)CC21C. The molecule has 0 radical (unpaired) electrons. The van der Waals surface area contributed by atoms with Gasteiger partial charge in [-0.15, -0.1) is 11.8 Å². The third kappa shape index (κ3) is 4.03. The first-order chi connectivity index (χ1) is 18.7. The van der Waals surface area contributed by atoms with Crippen molar-refractivity contribution in [1.82, 2.24) is 9.78 Å². The normalized spacial score (nSPS) is 36.9. The highest BCUT2D eigenvalue weighted by molar-refractivity contribution is 8.13. The maximum atomic E-state index is 13.7. The summed E-state index contributed by atoms with van der Waals surface area (Å²) in [7, 11) is 0. The zero-order valence-corrected chi connectivity index (χ0v) is 24.9. The van der Waals surface area contributed by atoms with E-state index in [9.17, 15) is 14.3 Å². The molecule has 0 spiro atoms. The van der Waals surface area contributed by atoms with Gasteiger partial charge >= 0.3 is 0 Å². The van der Waals surface area contributed by atoms with E-state index in [-0.39, 0.29) is 27.7 Å². The van der Waals surface area contributed by atoms with Crippen molar-refractivity contribution >= 4 is 34.7 Å². The molecular formula is C31H39FN2O3S2. The Morgan fingerprint density at radius 3 is 2.74 bits per heavy atom. The zero-order valence-electron chi connectivity index (χ0n) is 23.3. The van der Waals surface area contributed by atoms with Crippen molar-refractivity contribution in [3.63, 3.8) is 0 Å². The summed E-state index contributed by atoms with van der Waals surface area (Å²) in [6.07, 6.45) is 10.8. The molecule has 39 heavy (non-hydrogen) atoms. The highest BCUT2D eigenvalue weighted by Crippen LogP contribution is 2.68. The van der Waals surface area contributed by atoms with Gasteiger partial charge in [0, 0.05) is 5.41 Å². The summed E-state index contributed by atoms with van der Waals surface area (Å²) in [6.45, 7) is 6.60. The number of fused-ring (bicyclic) bond motifs is 6. The Hall–Kier alpha value is -1.61. The second-order valence-corrected chi connectivity index (χ2v) is 14.4. The average molecular weight is 571 g/mol. The Morgan fingerprint density at radius 2 is 2.03 bits per heavy atom. The molecule has 4 aliphatic carbocycles. The number of carbonyl (C=O) groups excluding carboxylic acids is 1. The van der Waals surface area contributed by atoms with Crippen molar-refractivity contribution in [2.24, 2.45) is 28.6 Å². The lowest BCUT2D eigenvalue weighted by molar-refractivity contribution is -0.182. The fourth-order valence-corrected chi connectivity index (χ4v) is 10.2.